The van der Waals surface area contributed by atoms with Crippen LogP contribution in [0.2, 0.25) is 0 Å². The fraction of sp³-hybridized carbons (Fsp3) is 0.143. The SMILES string of the molecule is NC1=NC(c2ccsc2)C(=O)N1. The summed E-state index contributed by atoms with van der Waals surface area (Å²) < 4.78 is 0. The van der Waals surface area contributed by atoms with Gasteiger partial charge in [-0.3, -0.25) is 10.1 Å². The number of nitrogens with zero attached hydrogens (tertiary/aromatic N) is 1. The Morgan fingerprint density at radius 1 is 1.67 bits per heavy atom. The molecule has 12 heavy (non-hydrogen) atoms. The zero-order chi connectivity index (χ0) is 8.55. The molecule has 4 nitrogen and oxygen atoms in total. The van der Waals surface area contributed by atoms with Gasteiger partial charge < -0.3 is 5.73 Å². The summed E-state index contributed by atoms with van der Waals surface area (Å²) in [7, 11) is 0. The van der Waals surface area contributed by atoms with Crippen LogP contribution in [0.1, 0.15) is 11.6 Å². The van der Waals surface area contributed by atoms with E-state index >= 15 is 0 Å². The Hall–Kier alpha value is -1.36. The standard InChI is InChI=1S/C7H7N3OS/c8-7-9-5(6(11)10-7)4-1-2-12-3-4/h1-3,5H,(H3,8,9,10,11). The van der Waals surface area contributed by atoms with Crippen LogP contribution in [0.4, 0.5) is 0 Å². The van der Waals surface area contributed by atoms with E-state index in [4.69, 9.17) is 5.73 Å². The predicted octanol–water partition coefficient (Wildman–Crippen LogP) is 0.234. The van der Waals surface area contributed by atoms with Gasteiger partial charge in [-0.25, -0.2) is 4.99 Å². The van der Waals surface area contributed by atoms with Gasteiger partial charge >= 0.3 is 0 Å². The largest absolute Gasteiger partial charge is 0.370 e. The zero-order valence-corrected chi connectivity index (χ0v) is 6.97. The first-order valence-corrected chi connectivity index (χ1v) is 4.38. The van der Waals surface area contributed by atoms with Crippen LogP contribution in [-0.2, 0) is 4.79 Å². The first-order valence-electron chi connectivity index (χ1n) is 3.43. The van der Waals surface area contributed by atoms with Crippen LogP contribution in [0.3, 0.4) is 0 Å². The van der Waals surface area contributed by atoms with Crippen LogP contribution in [-0.4, -0.2) is 11.9 Å². The van der Waals surface area contributed by atoms with Crippen LogP contribution in [0.5, 0.6) is 0 Å². The lowest BCUT2D eigenvalue weighted by Crippen LogP contribution is -2.31. The second-order valence-corrected chi connectivity index (χ2v) is 3.24. The molecule has 0 radical (unpaired) electrons. The molecule has 0 spiro atoms. The number of nitrogens with two attached hydrogens (primary N) is 1. The average Bonchev–Trinajstić information content (AvgIpc) is 2.58. The summed E-state index contributed by atoms with van der Waals surface area (Å²) in [5.74, 6) is 0.0575. The lowest BCUT2D eigenvalue weighted by Gasteiger charge is -1.98. The van der Waals surface area contributed by atoms with Crippen molar-refractivity contribution in [3.63, 3.8) is 0 Å². The summed E-state index contributed by atoms with van der Waals surface area (Å²) in [6.45, 7) is 0. The van der Waals surface area contributed by atoms with Crippen molar-refractivity contribution >= 4 is 23.2 Å². The Morgan fingerprint density at radius 2 is 2.50 bits per heavy atom. The first-order chi connectivity index (χ1) is 5.77. The van der Waals surface area contributed by atoms with E-state index in [-0.39, 0.29) is 11.9 Å². The minimum atomic E-state index is -0.434. The maximum Gasteiger partial charge on any atom is 0.256 e. The highest BCUT2D eigenvalue weighted by atomic mass is 32.1. The number of carbonyl (C=O) groups excluding carboxylic acids is 1. The molecule has 0 saturated carbocycles. The van der Waals surface area contributed by atoms with Crippen molar-refractivity contribution < 1.29 is 4.79 Å². The van der Waals surface area contributed by atoms with Gasteiger partial charge in [0.25, 0.3) is 5.91 Å². The molecule has 1 unspecified atom stereocenters. The third kappa shape index (κ3) is 1.08. The lowest BCUT2D eigenvalue weighted by molar-refractivity contribution is -0.120. The Labute approximate surface area is 73.1 Å². The van der Waals surface area contributed by atoms with Crippen LogP contribution in [0.25, 0.3) is 0 Å². The number of rotatable bonds is 1. The molecule has 0 aliphatic carbocycles. The van der Waals surface area contributed by atoms with Crippen molar-refractivity contribution in [2.75, 3.05) is 0 Å². The van der Waals surface area contributed by atoms with Crippen molar-refractivity contribution in [2.24, 2.45) is 10.7 Å². The smallest absolute Gasteiger partial charge is 0.256 e. The van der Waals surface area contributed by atoms with Crippen molar-refractivity contribution in [2.45, 2.75) is 6.04 Å². The third-order valence-corrected chi connectivity index (χ3v) is 2.33. The number of amides is 1. The number of hydrogen-bond acceptors (Lipinski definition) is 4. The highest BCUT2D eigenvalue weighted by Crippen LogP contribution is 2.22. The van der Waals surface area contributed by atoms with Crippen molar-refractivity contribution in [3.05, 3.63) is 22.4 Å². The van der Waals surface area contributed by atoms with E-state index in [1.54, 1.807) is 0 Å². The normalized spacial score (nSPS) is 22.2. The summed E-state index contributed by atoms with van der Waals surface area (Å²) >= 11 is 1.54. The number of guanidine groups is 1. The Balaban J connectivity index is 2.31. The second-order valence-electron chi connectivity index (χ2n) is 2.46. The molecule has 1 amide bonds. The van der Waals surface area contributed by atoms with E-state index in [1.807, 2.05) is 16.8 Å². The van der Waals surface area contributed by atoms with Crippen LogP contribution < -0.4 is 11.1 Å². The van der Waals surface area contributed by atoms with Crippen LogP contribution in [0, 0.1) is 0 Å². The lowest BCUT2D eigenvalue weighted by atomic mass is 10.1. The van der Waals surface area contributed by atoms with Crippen molar-refractivity contribution in [1.82, 2.24) is 5.32 Å². The molecule has 1 aliphatic rings. The van der Waals surface area contributed by atoms with Gasteiger partial charge in [-0.05, 0) is 22.4 Å². The average molecular weight is 181 g/mol. The molecule has 0 bridgehead atoms. The maximum absolute atomic E-state index is 11.2. The van der Waals surface area contributed by atoms with Gasteiger partial charge in [0.05, 0.1) is 0 Å². The van der Waals surface area contributed by atoms with Gasteiger partial charge in [-0.1, -0.05) is 0 Å². The maximum atomic E-state index is 11.2. The van der Waals surface area contributed by atoms with E-state index in [1.165, 1.54) is 11.3 Å². The van der Waals surface area contributed by atoms with E-state index < -0.39 is 6.04 Å². The summed E-state index contributed by atoms with van der Waals surface area (Å²) in [6.07, 6.45) is 0. The van der Waals surface area contributed by atoms with Gasteiger partial charge in [0.2, 0.25) is 0 Å². The van der Waals surface area contributed by atoms with Gasteiger partial charge in [0.1, 0.15) is 0 Å². The molecule has 2 rings (SSSR count). The van der Waals surface area contributed by atoms with Crippen molar-refractivity contribution in [3.8, 4) is 0 Å². The number of thiophene rings is 1. The quantitative estimate of drug-likeness (QED) is 0.651. The number of hydrogen-bond donors (Lipinski definition) is 2. The fourth-order valence-corrected chi connectivity index (χ4v) is 1.76. The fourth-order valence-electron chi connectivity index (χ4n) is 1.08. The molecule has 1 atom stereocenters. The molecule has 3 N–H and O–H groups in total. The second kappa shape index (κ2) is 2.60. The molecule has 1 aromatic heterocycles. The van der Waals surface area contributed by atoms with Gasteiger partial charge in [-0.2, -0.15) is 11.3 Å². The number of nitrogens with one attached hydrogen (secondary N) is 1. The Bertz CT molecular complexity index is 330. The van der Waals surface area contributed by atoms with Gasteiger partial charge in [-0.15, -0.1) is 0 Å². The summed E-state index contributed by atoms with van der Waals surface area (Å²) in [6, 6.07) is 1.44. The molecular formula is C7H7N3OS. The highest BCUT2D eigenvalue weighted by Gasteiger charge is 2.26. The summed E-state index contributed by atoms with van der Waals surface area (Å²) in [5, 5.41) is 6.25. The highest BCUT2D eigenvalue weighted by molar-refractivity contribution is 7.08. The number of carbonyl (C=O) groups is 1. The minimum absolute atomic E-state index is 0.147. The van der Waals surface area contributed by atoms with E-state index in [9.17, 15) is 4.79 Å². The Morgan fingerprint density at radius 3 is 3.00 bits per heavy atom. The molecule has 62 valence electrons. The molecule has 2 heterocycles. The van der Waals surface area contributed by atoms with Crippen LogP contribution in [0.15, 0.2) is 21.8 Å². The number of aliphatic imine (C=N–C) groups is 1. The predicted molar refractivity (Wildman–Crippen MR) is 46.8 cm³/mol. The zero-order valence-electron chi connectivity index (χ0n) is 6.15. The molecule has 1 aliphatic heterocycles. The van der Waals surface area contributed by atoms with Crippen molar-refractivity contribution in [1.29, 1.82) is 0 Å². The molecular weight excluding hydrogens is 174 g/mol. The molecule has 1 aromatic rings. The van der Waals surface area contributed by atoms with Gasteiger partial charge in [0.15, 0.2) is 12.0 Å². The first kappa shape index (κ1) is 7.30. The molecule has 0 fully saturated rings. The van der Waals surface area contributed by atoms with Gasteiger partial charge in [0, 0.05) is 0 Å². The molecule has 0 saturated heterocycles. The Kier molecular flexibility index (Phi) is 1.58. The summed E-state index contributed by atoms with van der Waals surface area (Å²) in [5.41, 5.74) is 6.24. The van der Waals surface area contributed by atoms with E-state index in [0.717, 1.165) is 5.56 Å². The molecule has 0 aromatic carbocycles. The van der Waals surface area contributed by atoms with E-state index in [0.29, 0.717) is 0 Å². The third-order valence-electron chi connectivity index (χ3n) is 1.63. The molecule has 5 heteroatoms. The summed E-state index contributed by atoms with van der Waals surface area (Å²) in [4.78, 5) is 15.1. The topological polar surface area (TPSA) is 67.5 Å². The van der Waals surface area contributed by atoms with Crippen LogP contribution >= 0.6 is 11.3 Å². The minimum Gasteiger partial charge on any atom is -0.370 e. The van der Waals surface area contributed by atoms with E-state index in [2.05, 4.69) is 10.3 Å². The monoisotopic (exact) mass is 181 g/mol.